The summed E-state index contributed by atoms with van der Waals surface area (Å²) in [6.07, 6.45) is 1.64. The van der Waals surface area contributed by atoms with Crippen molar-refractivity contribution in [2.45, 2.75) is 26.9 Å². The van der Waals surface area contributed by atoms with E-state index in [0.717, 1.165) is 11.3 Å². The Morgan fingerprint density at radius 3 is 2.48 bits per heavy atom. The fourth-order valence-electron chi connectivity index (χ4n) is 2.66. The van der Waals surface area contributed by atoms with E-state index in [-0.39, 0.29) is 17.9 Å². The number of nitrogens with zero attached hydrogens (tertiary/aromatic N) is 2. The van der Waals surface area contributed by atoms with Crippen LogP contribution in [0.4, 0.5) is 5.69 Å². The molecule has 0 spiro atoms. The Bertz CT molecular complexity index is 1050. The van der Waals surface area contributed by atoms with E-state index in [1.165, 1.54) is 0 Å². The van der Waals surface area contributed by atoms with Crippen molar-refractivity contribution >= 4 is 11.6 Å². The van der Waals surface area contributed by atoms with Crippen LogP contribution < -0.4 is 14.8 Å². The van der Waals surface area contributed by atoms with Crippen molar-refractivity contribution in [3.63, 3.8) is 0 Å². The molecule has 0 bridgehead atoms. The van der Waals surface area contributed by atoms with Gasteiger partial charge in [0.15, 0.2) is 0 Å². The third-order valence-corrected chi connectivity index (χ3v) is 4.04. The van der Waals surface area contributed by atoms with Crippen molar-refractivity contribution in [1.82, 2.24) is 4.98 Å². The van der Waals surface area contributed by atoms with Crippen molar-refractivity contribution in [1.29, 1.82) is 5.26 Å². The van der Waals surface area contributed by atoms with Gasteiger partial charge in [0.2, 0.25) is 5.88 Å². The van der Waals surface area contributed by atoms with E-state index in [2.05, 4.69) is 10.3 Å². The molecular formula is C23H21N3O3. The Hall–Kier alpha value is -3.85. The van der Waals surface area contributed by atoms with Crippen LogP contribution in [-0.4, -0.2) is 17.0 Å². The fourth-order valence-corrected chi connectivity index (χ4v) is 2.66. The predicted octanol–water partition coefficient (Wildman–Crippen LogP) is 5.09. The molecule has 29 heavy (non-hydrogen) atoms. The van der Waals surface area contributed by atoms with Gasteiger partial charge in [0.05, 0.1) is 6.10 Å². The highest BCUT2D eigenvalue weighted by molar-refractivity contribution is 6.04. The normalized spacial score (nSPS) is 10.3. The van der Waals surface area contributed by atoms with Gasteiger partial charge in [-0.15, -0.1) is 0 Å². The van der Waals surface area contributed by atoms with Crippen molar-refractivity contribution in [3.05, 3.63) is 77.5 Å². The lowest BCUT2D eigenvalue weighted by Gasteiger charge is -2.12. The monoisotopic (exact) mass is 387 g/mol. The smallest absolute Gasteiger partial charge is 0.255 e. The van der Waals surface area contributed by atoms with E-state index in [1.54, 1.807) is 60.8 Å². The number of aryl methyl sites for hydroxylation is 1. The molecule has 6 nitrogen and oxygen atoms in total. The first-order valence-corrected chi connectivity index (χ1v) is 9.18. The van der Waals surface area contributed by atoms with Crippen LogP contribution in [0.15, 0.2) is 60.8 Å². The number of rotatable bonds is 6. The number of hydrogen-bond acceptors (Lipinski definition) is 5. The summed E-state index contributed by atoms with van der Waals surface area (Å²) in [5.74, 6) is 1.29. The van der Waals surface area contributed by atoms with Crippen LogP contribution in [0.5, 0.6) is 17.4 Å². The molecule has 6 heteroatoms. The molecule has 0 fully saturated rings. The average molecular weight is 387 g/mol. The van der Waals surface area contributed by atoms with E-state index in [4.69, 9.17) is 14.7 Å². The van der Waals surface area contributed by atoms with Gasteiger partial charge in [0.25, 0.3) is 5.91 Å². The number of carbonyl (C=O) groups is 1. The quantitative estimate of drug-likeness (QED) is 0.636. The maximum absolute atomic E-state index is 12.5. The average Bonchev–Trinajstić information content (AvgIpc) is 2.70. The molecule has 1 heterocycles. The molecule has 3 rings (SSSR count). The Balaban J connectivity index is 1.70. The lowest BCUT2D eigenvalue weighted by atomic mass is 10.1. The number of hydrogen-bond donors (Lipinski definition) is 1. The summed E-state index contributed by atoms with van der Waals surface area (Å²) >= 11 is 0. The molecule has 0 aliphatic heterocycles. The van der Waals surface area contributed by atoms with Gasteiger partial charge in [-0.3, -0.25) is 4.79 Å². The molecule has 0 radical (unpaired) electrons. The Labute approximate surface area is 169 Å². The van der Waals surface area contributed by atoms with Gasteiger partial charge in [-0.2, -0.15) is 5.26 Å². The molecule has 1 amide bonds. The summed E-state index contributed by atoms with van der Waals surface area (Å²) in [5, 5.41) is 12.0. The highest BCUT2D eigenvalue weighted by Gasteiger charge is 2.11. The van der Waals surface area contributed by atoms with Crippen LogP contribution in [0.3, 0.4) is 0 Å². The Morgan fingerprint density at radius 2 is 1.83 bits per heavy atom. The van der Waals surface area contributed by atoms with Crippen LogP contribution in [0, 0.1) is 18.3 Å². The molecule has 3 aromatic rings. The molecule has 0 unspecified atom stereocenters. The van der Waals surface area contributed by atoms with E-state index in [0.29, 0.717) is 22.6 Å². The molecule has 2 aromatic carbocycles. The van der Waals surface area contributed by atoms with E-state index in [9.17, 15) is 4.79 Å². The number of aromatic nitrogens is 1. The van der Waals surface area contributed by atoms with Gasteiger partial charge >= 0.3 is 0 Å². The highest BCUT2D eigenvalue weighted by Crippen LogP contribution is 2.27. The standard InChI is InChI=1S/C23H21N3O3/c1-15(2)28-19-8-6-17(7-9-19)22(27)26-21-11-10-20(13-16(21)3)29-23-18(14-24)5-4-12-25-23/h4-13,15H,1-3H3,(H,26,27). The largest absolute Gasteiger partial charge is 0.491 e. The SMILES string of the molecule is Cc1cc(Oc2ncccc2C#N)ccc1NC(=O)c1ccc(OC(C)C)cc1. The van der Waals surface area contributed by atoms with Crippen molar-refractivity contribution in [2.75, 3.05) is 5.32 Å². The minimum Gasteiger partial charge on any atom is -0.491 e. The first kappa shape index (κ1) is 19.9. The number of pyridine rings is 1. The number of nitrogens with one attached hydrogen (secondary N) is 1. The molecular weight excluding hydrogens is 366 g/mol. The summed E-state index contributed by atoms with van der Waals surface area (Å²) < 4.78 is 11.3. The zero-order valence-corrected chi connectivity index (χ0v) is 16.5. The predicted molar refractivity (Wildman–Crippen MR) is 110 cm³/mol. The molecule has 1 N–H and O–H groups in total. The summed E-state index contributed by atoms with van der Waals surface area (Å²) in [5.41, 5.74) is 2.39. The van der Waals surface area contributed by atoms with Gasteiger partial charge < -0.3 is 14.8 Å². The lowest BCUT2D eigenvalue weighted by molar-refractivity contribution is 0.102. The number of nitriles is 1. The number of ether oxygens (including phenoxy) is 2. The molecule has 0 aliphatic rings. The van der Waals surface area contributed by atoms with Crippen LogP contribution in [0.1, 0.15) is 35.3 Å². The van der Waals surface area contributed by atoms with Crippen LogP contribution in [0.2, 0.25) is 0 Å². The number of carbonyl (C=O) groups excluding carboxylic acids is 1. The number of benzene rings is 2. The van der Waals surface area contributed by atoms with Crippen molar-refractivity contribution in [3.8, 4) is 23.4 Å². The lowest BCUT2D eigenvalue weighted by Crippen LogP contribution is -2.13. The van der Waals surface area contributed by atoms with Gasteiger partial charge in [0, 0.05) is 17.4 Å². The van der Waals surface area contributed by atoms with Crippen molar-refractivity contribution in [2.24, 2.45) is 0 Å². The summed E-state index contributed by atoms with van der Waals surface area (Å²) in [6, 6.07) is 17.6. The zero-order valence-electron chi connectivity index (χ0n) is 16.5. The Kier molecular flexibility index (Phi) is 6.10. The van der Waals surface area contributed by atoms with Crippen LogP contribution >= 0.6 is 0 Å². The minimum atomic E-state index is -0.214. The molecule has 0 aliphatic carbocycles. The zero-order chi connectivity index (χ0) is 20.8. The number of anilines is 1. The second-order valence-corrected chi connectivity index (χ2v) is 6.69. The molecule has 146 valence electrons. The third kappa shape index (κ3) is 5.11. The van der Waals surface area contributed by atoms with E-state index >= 15 is 0 Å². The first-order chi connectivity index (χ1) is 14.0. The first-order valence-electron chi connectivity index (χ1n) is 9.18. The van der Waals surface area contributed by atoms with Crippen LogP contribution in [-0.2, 0) is 0 Å². The second-order valence-electron chi connectivity index (χ2n) is 6.69. The van der Waals surface area contributed by atoms with E-state index in [1.807, 2.05) is 26.8 Å². The summed E-state index contributed by atoms with van der Waals surface area (Å²) in [7, 11) is 0. The van der Waals surface area contributed by atoms with Crippen LogP contribution in [0.25, 0.3) is 0 Å². The number of amides is 1. The molecule has 1 aromatic heterocycles. The minimum absolute atomic E-state index is 0.0772. The van der Waals surface area contributed by atoms with Gasteiger partial charge in [-0.1, -0.05) is 0 Å². The maximum atomic E-state index is 12.5. The van der Waals surface area contributed by atoms with Gasteiger partial charge in [-0.25, -0.2) is 4.98 Å². The molecule has 0 saturated carbocycles. The van der Waals surface area contributed by atoms with Gasteiger partial charge in [-0.05, 0) is 80.9 Å². The summed E-state index contributed by atoms with van der Waals surface area (Å²) in [6.45, 7) is 5.77. The highest BCUT2D eigenvalue weighted by atomic mass is 16.5. The Morgan fingerprint density at radius 1 is 1.10 bits per heavy atom. The molecule has 0 atom stereocenters. The fraction of sp³-hybridized carbons (Fsp3) is 0.174. The van der Waals surface area contributed by atoms with E-state index < -0.39 is 0 Å². The summed E-state index contributed by atoms with van der Waals surface area (Å²) in [4.78, 5) is 16.6. The second kappa shape index (κ2) is 8.89. The third-order valence-electron chi connectivity index (χ3n) is 4.04. The van der Waals surface area contributed by atoms with Crippen molar-refractivity contribution < 1.29 is 14.3 Å². The topological polar surface area (TPSA) is 84.2 Å². The molecule has 0 saturated heterocycles. The maximum Gasteiger partial charge on any atom is 0.255 e. The van der Waals surface area contributed by atoms with Gasteiger partial charge in [0.1, 0.15) is 23.1 Å².